The van der Waals surface area contributed by atoms with Gasteiger partial charge in [-0.15, -0.1) is 0 Å². The van der Waals surface area contributed by atoms with Crippen molar-refractivity contribution in [3.63, 3.8) is 0 Å². The highest BCUT2D eigenvalue weighted by Gasteiger charge is 2.24. The Labute approximate surface area is 425 Å². The molecule has 0 bridgehead atoms. The van der Waals surface area contributed by atoms with Crippen molar-refractivity contribution in [3.8, 4) is 0 Å². The first-order valence-electron chi connectivity index (χ1n) is 30.4. The van der Waals surface area contributed by atoms with Gasteiger partial charge in [0.15, 0.2) is 0 Å². The first-order valence-corrected chi connectivity index (χ1v) is 31.8. The Morgan fingerprint density at radius 3 is 1.00 bits per heavy atom. The Hall–Kier alpha value is -0.500. The van der Waals surface area contributed by atoms with Crippen LogP contribution in [0.2, 0.25) is 0 Å². The number of hydrogen-bond donors (Lipinski definition) is 2. The van der Waals surface area contributed by atoms with E-state index in [4.69, 9.17) is 9.05 Å². The molecule has 0 radical (unpaired) electrons. The molecule has 3 unspecified atom stereocenters. The first-order chi connectivity index (χ1) is 33.0. The first kappa shape index (κ1) is 67.5. The number of nitrogens with one attached hydrogen (secondary N) is 1. The van der Waals surface area contributed by atoms with Crippen LogP contribution in [0.4, 0.5) is 0 Å². The second-order valence-corrected chi connectivity index (χ2v) is 23.8. The van der Waals surface area contributed by atoms with E-state index in [0.717, 1.165) is 38.5 Å². The van der Waals surface area contributed by atoms with Gasteiger partial charge in [0.05, 0.1) is 39.9 Å². The molecule has 0 aliphatic rings. The van der Waals surface area contributed by atoms with Gasteiger partial charge in [-0.2, -0.15) is 0 Å². The molecule has 0 aliphatic heterocycles. The topological polar surface area (TPSA) is 108 Å². The molecule has 1 amide bonds. The van der Waals surface area contributed by atoms with Gasteiger partial charge < -0.3 is 28.8 Å². The number of aliphatic hydroxyl groups is 1. The monoisotopic (exact) mass is 985 g/mol. The quantitative estimate of drug-likeness (QED) is 0.0357. The van der Waals surface area contributed by atoms with Crippen LogP contribution >= 0.6 is 7.82 Å². The molecular weight excluding hydrogens is 864 g/mol. The summed E-state index contributed by atoms with van der Waals surface area (Å²) < 4.78 is 23.5. The molecule has 0 aromatic heterocycles. The average Bonchev–Trinajstić information content (AvgIpc) is 3.30. The smallest absolute Gasteiger partial charge is 0.268 e. The normalized spacial score (nSPS) is 13.8. The minimum Gasteiger partial charge on any atom is -0.756 e. The Kier molecular flexibility index (Phi) is 51.0. The van der Waals surface area contributed by atoms with Crippen molar-refractivity contribution in [1.29, 1.82) is 0 Å². The predicted octanol–water partition coefficient (Wildman–Crippen LogP) is 17.8. The van der Waals surface area contributed by atoms with E-state index in [1.165, 1.54) is 257 Å². The predicted molar refractivity (Wildman–Crippen MR) is 293 cm³/mol. The van der Waals surface area contributed by atoms with E-state index in [1.54, 1.807) is 0 Å². The molecule has 3 atom stereocenters. The second kappa shape index (κ2) is 51.4. The molecule has 0 aromatic carbocycles. The molecule has 0 saturated carbocycles. The lowest BCUT2D eigenvalue weighted by molar-refractivity contribution is -0.870. The van der Waals surface area contributed by atoms with Gasteiger partial charge in [0, 0.05) is 6.42 Å². The second-order valence-electron chi connectivity index (χ2n) is 22.4. The van der Waals surface area contributed by atoms with E-state index in [9.17, 15) is 19.4 Å². The number of likely N-dealkylation sites (N-methyl/N-ethyl adjacent to an activating group) is 1. The number of nitrogens with zero attached hydrogens (tertiary/aromatic N) is 1. The Morgan fingerprint density at radius 2 is 0.721 bits per heavy atom. The van der Waals surface area contributed by atoms with Crippen LogP contribution in [0.15, 0.2) is 0 Å². The van der Waals surface area contributed by atoms with Crippen LogP contribution in [0, 0.1) is 0 Å². The van der Waals surface area contributed by atoms with Crippen LogP contribution in [0.1, 0.15) is 322 Å². The zero-order valence-corrected chi connectivity index (χ0v) is 47.5. The molecule has 0 rings (SSSR count). The lowest BCUT2D eigenvalue weighted by Gasteiger charge is -2.30. The third-order valence-electron chi connectivity index (χ3n) is 14.3. The molecule has 0 fully saturated rings. The van der Waals surface area contributed by atoms with Gasteiger partial charge in [0.25, 0.3) is 7.82 Å². The SMILES string of the molecule is CCCCCCCCCCCCCCCCCCCCCCCCCCC(=O)NC(COP(=O)([O-])OCC[N+](C)(C)C)C(O)CCCCCCCCCCCCCCCCCCCCCCCC. The Bertz CT molecular complexity index is 1070. The summed E-state index contributed by atoms with van der Waals surface area (Å²) in [5, 5.41) is 14.1. The number of unbranched alkanes of at least 4 members (excludes halogenated alkanes) is 44. The highest BCUT2D eigenvalue weighted by Crippen LogP contribution is 2.38. The summed E-state index contributed by atoms with van der Waals surface area (Å²) in [7, 11) is 1.33. The van der Waals surface area contributed by atoms with E-state index in [0.29, 0.717) is 23.9 Å². The van der Waals surface area contributed by atoms with Crippen molar-refractivity contribution in [2.24, 2.45) is 0 Å². The van der Waals surface area contributed by atoms with Gasteiger partial charge in [0.1, 0.15) is 13.2 Å². The molecule has 0 aliphatic carbocycles. The van der Waals surface area contributed by atoms with Gasteiger partial charge >= 0.3 is 0 Å². The van der Waals surface area contributed by atoms with Crippen molar-refractivity contribution < 1.29 is 32.9 Å². The van der Waals surface area contributed by atoms with E-state index in [-0.39, 0.29) is 19.1 Å². The summed E-state index contributed by atoms with van der Waals surface area (Å²) >= 11 is 0. The number of phosphoric ester groups is 1. The number of phosphoric acid groups is 1. The summed E-state index contributed by atoms with van der Waals surface area (Å²) in [4.78, 5) is 25.6. The molecule has 8 nitrogen and oxygen atoms in total. The molecule has 68 heavy (non-hydrogen) atoms. The lowest BCUT2D eigenvalue weighted by Crippen LogP contribution is -2.46. The molecule has 0 spiro atoms. The Morgan fingerprint density at radius 1 is 0.456 bits per heavy atom. The Balaban J connectivity index is 4.09. The standard InChI is InChI=1S/C59H121N2O6P/c1-6-8-10-12-14-16-18-20-22-24-26-28-30-31-33-35-37-39-41-43-45-47-49-51-53-59(63)60-57(56-67-68(64,65)66-55-54-61(3,4)5)58(62)52-50-48-46-44-42-40-38-36-34-32-29-27-25-23-21-19-17-15-13-11-9-7-2/h57-58,62H,6-56H2,1-5H3,(H-,60,63,64,65). The van der Waals surface area contributed by atoms with E-state index in [1.807, 2.05) is 21.1 Å². The number of quaternary nitrogens is 1. The number of aliphatic hydroxyl groups excluding tert-OH is 1. The van der Waals surface area contributed by atoms with Crippen LogP contribution < -0.4 is 10.2 Å². The van der Waals surface area contributed by atoms with E-state index >= 15 is 0 Å². The molecule has 0 saturated heterocycles. The van der Waals surface area contributed by atoms with Crippen LogP contribution in [0.25, 0.3) is 0 Å². The molecule has 2 N–H and O–H groups in total. The lowest BCUT2D eigenvalue weighted by atomic mass is 10.0. The summed E-state index contributed by atoms with van der Waals surface area (Å²) in [5.41, 5.74) is 0. The van der Waals surface area contributed by atoms with Crippen molar-refractivity contribution in [1.82, 2.24) is 5.32 Å². The summed E-state index contributed by atoms with van der Waals surface area (Å²) in [6.45, 7) is 4.79. The fourth-order valence-electron chi connectivity index (χ4n) is 9.57. The fourth-order valence-corrected chi connectivity index (χ4v) is 10.3. The van der Waals surface area contributed by atoms with Crippen molar-refractivity contribution in [2.45, 2.75) is 334 Å². The van der Waals surface area contributed by atoms with Crippen LogP contribution in [-0.2, 0) is 18.4 Å². The van der Waals surface area contributed by atoms with Gasteiger partial charge in [-0.25, -0.2) is 0 Å². The minimum absolute atomic E-state index is 0.0168. The maximum atomic E-state index is 13.0. The van der Waals surface area contributed by atoms with Crippen LogP contribution in [-0.4, -0.2) is 68.5 Å². The third kappa shape index (κ3) is 53.3. The van der Waals surface area contributed by atoms with Gasteiger partial charge in [0.2, 0.25) is 5.91 Å². The van der Waals surface area contributed by atoms with Crippen molar-refractivity contribution in [2.75, 3.05) is 40.9 Å². The summed E-state index contributed by atoms with van der Waals surface area (Å²) in [6, 6.07) is -0.795. The maximum Gasteiger partial charge on any atom is 0.268 e. The number of carbonyl (C=O) groups excluding carboxylic acids is 1. The number of rotatable bonds is 57. The maximum absolute atomic E-state index is 13.0. The number of hydrogen-bond acceptors (Lipinski definition) is 6. The molecule has 0 heterocycles. The highest BCUT2D eigenvalue weighted by atomic mass is 31.2. The van der Waals surface area contributed by atoms with E-state index in [2.05, 4.69) is 19.2 Å². The van der Waals surface area contributed by atoms with Crippen LogP contribution in [0.5, 0.6) is 0 Å². The van der Waals surface area contributed by atoms with Gasteiger partial charge in [-0.3, -0.25) is 9.36 Å². The van der Waals surface area contributed by atoms with Crippen molar-refractivity contribution >= 4 is 13.7 Å². The van der Waals surface area contributed by atoms with Gasteiger partial charge in [-0.05, 0) is 12.8 Å². The molecular formula is C59H121N2O6P. The van der Waals surface area contributed by atoms with Crippen LogP contribution in [0.3, 0.4) is 0 Å². The average molecular weight is 986 g/mol. The number of amides is 1. The van der Waals surface area contributed by atoms with E-state index < -0.39 is 20.0 Å². The highest BCUT2D eigenvalue weighted by molar-refractivity contribution is 7.45. The van der Waals surface area contributed by atoms with Gasteiger partial charge in [-0.1, -0.05) is 303 Å². The minimum atomic E-state index is -4.57. The van der Waals surface area contributed by atoms with Crippen molar-refractivity contribution in [3.05, 3.63) is 0 Å². The third-order valence-corrected chi connectivity index (χ3v) is 15.3. The summed E-state index contributed by atoms with van der Waals surface area (Å²) in [5.74, 6) is -0.155. The molecule has 0 aromatic rings. The molecule has 9 heteroatoms. The largest absolute Gasteiger partial charge is 0.756 e. The zero-order valence-electron chi connectivity index (χ0n) is 46.6. The molecule has 408 valence electrons. The fraction of sp³-hybridized carbons (Fsp3) is 0.983. The number of carbonyl (C=O) groups is 1. The summed E-state index contributed by atoms with van der Waals surface area (Å²) in [6.07, 6.45) is 61.4. The zero-order chi connectivity index (χ0) is 49.9.